The van der Waals surface area contributed by atoms with Gasteiger partial charge in [-0.2, -0.15) is 0 Å². The number of hydrogen-bond donors (Lipinski definition) is 1. The SMILES string of the molecule is Oc1cc2c(cc1C/C=C/c1ccccc1Br)OCCC2. The lowest BCUT2D eigenvalue weighted by atomic mass is 10.0. The Morgan fingerprint density at radius 2 is 2.10 bits per heavy atom. The number of phenols is 1. The third-order valence-electron chi connectivity index (χ3n) is 3.65. The van der Waals surface area contributed by atoms with E-state index in [0.717, 1.165) is 46.4 Å². The van der Waals surface area contributed by atoms with Gasteiger partial charge in [0.2, 0.25) is 0 Å². The molecule has 0 saturated carbocycles. The van der Waals surface area contributed by atoms with Crippen molar-refractivity contribution in [1.82, 2.24) is 0 Å². The predicted octanol–water partition coefficient (Wildman–Crippen LogP) is 4.74. The van der Waals surface area contributed by atoms with E-state index in [1.165, 1.54) is 0 Å². The molecule has 2 aromatic rings. The summed E-state index contributed by atoms with van der Waals surface area (Å²) in [5.41, 5.74) is 3.14. The van der Waals surface area contributed by atoms with Crippen LogP contribution in [0.1, 0.15) is 23.1 Å². The summed E-state index contributed by atoms with van der Waals surface area (Å²) >= 11 is 3.53. The molecule has 3 heteroatoms. The Balaban J connectivity index is 1.78. The molecule has 0 saturated heterocycles. The van der Waals surface area contributed by atoms with Gasteiger partial charge in [0.1, 0.15) is 11.5 Å². The fourth-order valence-corrected chi connectivity index (χ4v) is 2.93. The van der Waals surface area contributed by atoms with Crippen LogP contribution in [0.15, 0.2) is 46.9 Å². The van der Waals surface area contributed by atoms with E-state index in [1.807, 2.05) is 30.3 Å². The van der Waals surface area contributed by atoms with Gasteiger partial charge in [0.25, 0.3) is 0 Å². The van der Waals surface area contributed by atoms with Crippen molar-refractivity contribution in [2.24, 2.45) is 0 Å². The number of phenolic OH excluding ortho intramolecular Hbond substituents is 1. The van der Waals surface area contributed by atoms with Crippen LogP contribution in [0.2, 0.25) is 0 Å². The molecule has 0 atom stereocenters. The van der Waals surface area contributed by atoms with Gasteiger partial charge in [-0.15, -0.1) is 0 Å². The Morgan fingerprint density at radius 1 is 1.24 bits per heavy atom. The zero-order chi connectivity index (χ0) is 14.7. The minimum absolute atomic E-state index is 0.357. The molecular formula is C18H17BrO2. The van der Waals surface area contributed by atoms with E-state index < -0.39 is 0 Å². The molecule has 0 amide bonds. The molecule has 0 bridgehead atoms. The van der Waals surface area contributed by atoms with E-state index in [4.69, 9.17) is 4.74 Å². The molecule has 1 N–H and O–H groups in total. The van der Waals surface area contributed by atoms with Crippen LogP contribution in [-0.4, -0.2) is 11.7 Å². The number of aryl methyl sites for hydroxylation is 1. The monoisotopic (exact) mass is 344 g/mol. The van der Waals surface area contributed by atoms with Crippen LogP contribution < -0.4 is 4.74 Å². The summed E-state index contributed by atoms with van der Waals surface area (Å²) in [5.74, 6) is 1.28. The summed E-state index contributed by atoms with van der Waals surface area (Å²) in [6, 6.07) is 11.9. The highest BCUT2D eigenvalue weighted by atomic mass is 79.9. The van der Waals surface area contributed by atoms with Crippen LogP contribution in [0, 0.1) is 0 Å². The first-order chi connectivity index (χ1) is 10.2. The molecule has 0 aromatic heterocycles. The van der Waals surface area contributed by atoms with Crippen molar-refractivity contribution in [3.05, 3.63) is 63.6 Å². The van der Waals surface area contributed by atoms with Gasteiger partial charge in [0, 0.05) is 10.0 Å². The van der Waals surface area contributed by atoms with Crippen LogP contribution in [0.5, 0.6) is 11.5 Å². The van der Waals surface area contributed by atoms with Crippen LogP contribution in [0.25, 0.3) is 6.08 Å². The van der Waals surface area contributed by atoms with Gasteiger partial charge in [-0.1, -0.05) is 46.3 Å². The summed E-state index contributed by atoms with van der Waals surface area (Å²) in [4.78, 5) is 0. The number of allylic oxidation sites excluding steroid dienone is 1. The Morgan fingerprint density at radius 3 is 2.95 bits per heavy atom. The van der Waals surface area contributed by atoms with Crippen molar-refractivity contribution in [2.75, 3.05) is 6.61 Å². The van der Waals surface area contributed by atoms with Crippen molar-refractivity contribution in [3.8, 4) is 11.5 Å². The van der Waals surface area contributed by atoms with E-state index in [9.17, 15) is 5.11 Å². The number of fused-ring (bicyclic) bond motifs is 1. The molecule has 108 valence electrons. The Labute approximate surface area is 133 Å². The molecule has 0 aliphatic carbocycles. The molecule has 0 fully saturated rings. The second kappa shape index (κ2) is 6.35. The van der Waals surface area contributed by atoms with Crippen LogP contribution in [0.4, 0.5) is 0 Å². The molecule has 0 unspecified atom stereocenters. The van der Waals surface area contributed by atoms with E-state index in [1.54, 1.807) is 0 Å². The summed E-state index contributed by atoms with van der Waals surface area (Å²) in [6.07, 6.45) is 6.81. The highest BCUT2D eigenvalue weighted by Crippen LogP contribution is 2.32. The van der Waals surface area contributed by atoms with Crippen LogP contribution in [-0.2, 0) is 12.8 Å². The number of rotatable bonds is 3. The van der Waals surface area contributed by atoms with Gasteiger partial charge in [-0.25, -0.2) is 0 Å². The molecule has 0 radical (unpaired) electrons. The molecule has 1 heterocycles. The number of halogens is 1. The van der Waals surface area contributed by atoms with E-state index in [-0.39, 0.29) is 0 Å². The van der Waals surface area contributed by atoms with Crippen LogP contribution >= 0.6 is 15.9 Å². The molecule has 21 heavy (non-hydrogen) atoms. The van der Waals surface area contributed by atoms with E-state index >= 15 is 0 Å². The van der Waals surface area contributed by atoms with Gasteiger partial charge < -0.3 is 9.84 Å². The minimum atomic E-state index is 0.357. The third-order valence-corrected chi connectivity index (χ3v) is 4.37. The fourth-order valence-electron chi connectivity index (χ4n) is 2.51. The number of ether oxygens (including phenoxy) is 1. The third kappa shape index (κ3) is 3.30. The average molecular weight is 345 g/mol. The normalized spacial score (nSPS) is 14.0. The van der Waals surface area contributed by atoms with E-state index in [2.05, 4.69) is 34.1 Å². The molecule has 2 nitrogen and oxygen atoms in total. The number of aromatic hydroxyl groups is 1. The minimum Gasteiger partial charge on any atom is -0.508 e. The zero-order valence-corrected chi connectivity index (χ0v) is 13.3. The standard InChI is InChI=1S/C18H17BrO2/c19-16-9-2-1-5-13(16)6-3-7-14-12-18-15(11-17(14)20)8-4-10-21-18/h1-3,5-6,9,11-12,20H,4,7-8,10H2/b6-3+. The lowest BCUT2D eigenvalue weighted by Gasteiger charge is -2.18. The smallest absolute Gasteiger partial charge is 0.123 e. The largest absolute Gasteiger partial charge is 0.508 e. The van der Waals surface area contributed by atoms with Gasteiger partial charge in [0.05, 0.1) is 6.61 Å². The van der Waals surface area contributed by atoms with Crippen LogP contribution in [0.3, 0.4) is 0 Å². The van der Waals surface area contributed by atoms with Crippen molar-refractivity contribution in [3.63, 3.8) is 0 Å². The maximum Gasteiger partial charge on any atom is 0.123 e. The Kier molecular flexibility index (Phi) is 4.30. The zero-order valence-electron chi connectivity index (χ0n) is 11.7. The van der Waals surface area contributed by atoms with Gasteiger partial charge in [-0.05, 0) is 48.6 Å². The second-order valence-corrected chi connectivity index (χ2v) is 6.02. The first kappa shape index (κ1) is 14.2. The first-order valence-corrected chi connectivity index (χ1v) is 7.92. The number of hydrogen-bond acceptors (Lipinski definition) is 2. The molecule has 0 spiro atoms. The summed E-state index contributed by atoms with van der Waals surface area (Å²) in [7, 11) is 0. The summed E-state index contributed by atoms with van der Waals surface area (Å²) in [6.45, 7) is 0.768. The summed E-state index contributed by atoms with van der Waals surface area (Å²) in [5, 5.41) is 10.1. The van der Waals surface area contributed by atoms with Gasteiger partial charge >= 0.3 is 0 Å². The van der Waals surface area contributed by atoms with Crippen molar-refractivity contribution in [1.29, 1.82) is 0 Å². The predicted molar refractivity (Wildman–Crippen MR) is 88.8 cm³/mol. The molecule has 1 aliphatic rings. The Hall–Kier alpha value is -1.74. The van der Waals surface area contributed by atoms with E-state index in [0.29, 0.717) is 12.2 Å². The maximum absolute atomic E-state index is 10.1. The quantitative estimate of drug-likeness (QED) is 0.871. The van der Waals surface area contributed by atoms with Crippen molar-refractivity contribution in [2.45, 2.75) is 19.3 Å². The van der Waals surface area contributed by atoms with Crippen molar-refractivity contribution < 1.29 is 9.84 Å². The molecule has 2 aromatic carbocycles. The second-order valence-electron chi connectivity index (χ2n) is 5.17. The molecule has 3 rings (SSSR count). The van der Waals surface area contributed by atoms with Crippen molar-refractivity contribution >= 4 is 22.0 Å². The highest BCUT2D eigenvalue weighted by Gasteiger charge is 2.13. The maximum atomic E-state index is 10.1. The average Bonchev–Trinajstić information content (AvgIpc) is 2.49. The lowest BCUT2D eigenvalue weighted by molar-refractivity contribution is 0.287. The number of benzene rings is 2. The molecular weight excluding hydrogens is 328 g/mol. The van der Waals surface area contributed by atoms with Gasteiger partial charge in [0.15, 0.2) is 0 Å². The summed E-state index contributed by atoms with van der Waals surface area (Å²) < 4.78 is 6.73. The highest BCUT2D eigenvalue weighted by molar-refractivity contribution is 9.10. The Bertz CT molecular complexity index is 677. The lowest BCUT2D eigenvalue weighted by Crippen LogP contribution is -2.08. The fraction of sp³-hybridized carbons (Fsp3) is 0.222. The topological polar surface area (TPSA) is 29.5 Å². The molecule has 1 aliphatic heterocycles. The first-order valence-electron chi connectivity index (χ1n) is 7.12. The van der Waals surface area contributed by atoms with Gasteiger partial charge in [-0.3, -0.25) is 0 Å².